The van der Waals surface area contributed by atoms with Crippen LogP contribution in [0.2, 0.25) is 0 Å². The number of halogens is 7. The van der Waals surface area contributed by atoms with Crippen LogP contribution in [-0.4, -0.2) is 44.4 Å². The van der Waals surface area contributed by atoms with Gasteiger partial charge in [-0.1, -0.05) is 6.42 Å². The number of carbonyl (C=O) groups is 2. The van der Waals surface area contributed by atoms with E-state index in [4.69, 9.17) is 0 Å². The molecule has 0 radical (unpaired) electrons. The molecule has 0 bridgehead atoms. The Bertz CT molecular complexity index is 1360. The van der Waals surface area contributed by atoms with Gasteiger partial charge in [-0.15, -0.1) is 0 Å². The normalized spacial score (nSPS) is 25.9. The van der Waals surface area contributed by atoms with Gasteiger partial charge in [0.2, 0.25) is 17.7 Å². The minimum atomic E-state index is -4.45. The second kappa shape index (κ2) is 10.1. The van der Waals surface area contributed by atoms with E-state index in [0.717, 1.165) is 12.8 Å². The Morgan fingerprint density at radius 3 is 2.21 bits per heavy atom. The Balaban J connectivity index is 1.24. The van der Waals surface area contributed by atoms with Gasteiger partial charge in [0, 0.05) is 19.3 Å². The first-order valence-corrected chi connectivity index (χ1v) is 14.5. The predicted octanol–water partition coefficient (Wildman–Crippen LogP) is 6.06. The molecule has 2 aromatic rings. The lowest BCUT2D eigenvalue weighted by Gasteiger charge is -2.33. The molecule has 2 amide bonds. The molecule has 2 N–H and O–H groups in total. The fourth-order valence-corrected chi connectivity index (χ4v) is 6.80. The van der Waals surface area contributed by atoms with E-state index in [1.165, 1.54) is 16.9 Å². The van der Waals surface area contributed by atoms with Crippen molar-refractivity contribution in [2.75, 3.05) is 0 Å². The number of nitrogens with one attached hydrogen (secondary N) is 2. The van der Waals surface area contributed by atoms with Crippen LogP contribution in [0.15, 0.2) is 18.5 Å². The van der Waals surface area contributed by atoms with Gasteiger partial charge >= 0.3 is 6.18 Å². The van der Waals surface area contributed by atoms with E-state index in [1.807, 2.05) is 0 Å². The molecule has 0 aliphatic heterocycles. The Labute approximate surface area is 237 Å². The molecule has 4 aliphatic carbocycles. The van der Waals surface area contributed by atoms with Crippen LogP contribution in [0.3, 0.4) is 0 Å². The molecule has 4 saturated carbocycles. The molecule has 3 atom stereocenters. The van der Waals surface area contributed by atoms with Crippen molar-refractivity contribution in [3.63, 3.8) is 0 Å². The van der Waals surface area contributed by atoms with Gasteiger partial charge in [0.15, 0.2) is 5.65 Å². The number of aromatic nitrogens is 3. The number of hydrogen-bond acceptors (Lipinski definition) is 4. The molecule has 6 rings (SSSR count). The highest BCUT2D eigenvalue weighted by atomic mass is 19.4. The van der Waals surface area contributed by atoms with Crippen molar-refractivity contribution in [3.8, 4) is 0 Å². The quantitative estimate of drug-likeness (QED) is 0.342. The first kappa shape index (κ1) is 29.2. The topological polar surface area (TPSA) is 88.4 Å². The summed E-state index contributed by atoms with van der Waals surface area (Å²) in [4.78, 5) is 30.0. The molecule has 230 valence electrons. The molecule has 42 heavy (non-hydrogen) atoms. The highest BCUT2D eigenvalue weighted by molar-refractivity contribution is 5.85. The molecule has 2 heterocycles. The average molecular weight is 604 g/mol. The van der Waals surface area contributed by atoms with Crippen LogP contribution < -0.4 is 10.6 Å². The third kappa shape index (κ3) is 5.45. The van der Waals surface area contributed by atoms with Crippen molar-refractivity contribution in [1.82, 2.24) is 25.2 Å². The zero-order valence-electron chi connectivity index (χ0n) is 22.7. The molecule has 14 heteroatoms. The number of amides is 2. The fourth-order valence-electron chi connectivity index (χ4n) is 6.80. The summed E-state index contributed by atoms with van der Waals surface area (Å²) in [6.07, 6.45) is -1.27. The number of fused-ring (bicyclic) bond motifs is 1. The second-order valence-corrected chi connectivity index (χ2v) is 12.5. The van der Waals surface area contributed by atoms with Crippen LogP contribution in [0.25, 0.3) is 5.65 Å². The number of carbonyl (C=O) groups excluding carboxylic acids is 2. The average Bonchev–Trinajstić information content (AvgIpc) is 3.76. The third-order valence-electron chi connectivity index (χ3n) is 9.62. The van der Waals surface area contributed by atoms with E-state index in [1.54, 1.807) is 6.07 Å². The minimum absolute atomic E-state index is 0.0356. The van der Waals surface area contributed by atoms with Crippen molar-refractivity contribution in [2.24, 2.45) is 23.2 Å². The van der Waals surface area contributed by atoms with Gasteiger partial charge < -0.3 is 10.6 Å². The van der Waals surface area contributed by atoms with Gasteiger partial charge in [0.1, 0.15) is 5.92 Å². The number of hydrogen-bond donors (Lipinski definition) is 2. The zero-order chi connectivity index (χ0) is 30.1. The summed E-state index contributed by atoms with van der Waals surface area (Å²) in [6, 6.07) is 0.194. The lowest BCUT2D eigenvalue weighted by molar-refractivity contribution is -0.144. The Morgan fingerprint density at radius 2 is 1.64 bits per heavy atom. The van der Waals surface area contributed by atoms with E-state index in [0.29, 0.717) is 23.3 Å². The van der Waals surface area contributed by atoms with Gasteiger partial charge in [-0.2, -0.15) is 18.3 Å². The summed E-state index contributed by atoms with van der Waals surface area (Å²) in [5, 5.41) is 9.75. The van der Waals surface area contributed by atoms with Gasteiger partial charge in [-0.25, -0.2) is 27.1 Å². The van der Waals surface area contributed by atoms with Crippen molar-refractivity contribution in [2.45, 2.75) is 101 Å². The molecular formula is C28H32F7N5O2. The Kier molecular flexibility index (Phi) is 6.99. The second-order valence-electron chi connectivity index (χ2n) is 12.5. The number of alkyl halides is 7. The first-order chi connectivity index (χ1) is 19.7. The maximum absolute atomic E-state index is 14.6. The van der Waals surface area contributed by atoms with Gasteiger partial charge in [-0.05, 0) is 62.0 Å². The summed E-state index contributed by atoms with van der Waals surface area (Å²) in [6.45, 7) is 0. The van der Waals surface area contributed by atoms with Crippen molar-refractivity contribution in [1.29, 1.82) is 0 Å². The largest absolute Gasteiger partial charge is 0.389 e. The van der Waals surface area contributed by atoms with Gasteiger partial charge in [0.05, 0.1) is 42.0 Å². The summed E-state index contributed by atoms with van der Waals surface area (Å²) in [5.74, 6) is -9.33. The molecule has 4 fully saturated rings. The van der Waals surface area contributed by atoms with Crippen molar-refractivity contribution in [3.05, 3.63) is 29.7 Å². The standard InChI is InChI=1S/C28H32F7N5O2/c29-26(30)9-4-16(5-10-26)22(39-24(42)23-25(7-1-8-25)28(23,34)35)18-14-40-19(37-18)12-17(13-36-40)21(15-2-3-15)38-20(41)6-11-27(31,32)33/h12-16,21-23H,1-11H2,(H,38,41)(H,39,42)/t21?,22-,23-/m0/s1. The first-order valence-electron chi connectivity index (χ1n) is 14.5. The SMILES string of the molecule is O=C(CCC(F)(F)F)NC(c1cnn2cc([C@@H](NC(=O)[C@@H]3C(F)(F)C34CCC4)C3CCC(F)(F)CC3)nc2c1)C1CC1. The van der Waals surface area contributed by atoms with Crippen LogP contribution >= 0.6 is 0 Å². The highest BCUT2D eigenvalue weighted by Gasteiger charge is 2.84. The van der Waals surface area contributed by atoms with Crippen molar-refractivity contribution >= 4 is 17.5 Å². The van der Waals surface area contributed by atoms with E-state index in [9.17, 15) is 40.3 Å². The van der Waals surface area contributed by atoms with Crippen LogP contribution in [0.4, 0.5) is 30.7 Å². The molecule has 1 unspecified atom stereocenters. The predicted molar refractivity (Wildman–Crippen MR) is 134 cm³/mol. The van der Waals surface area contributed by atoms with Crippen LogP contribution in [-0.2, 0) is 9.59 Å². The van der Waals surface area contributed by atoms with Gasteiger partial charge in [0.25, 0.3) is 5.92 Å². The summed E-state index contributed by atoms with van der Waals surface area (Å²) in [7, 11) is 0. The molecule has 4 aliphatic rings. The smallest absolute Gasteiger partial charge is 0.349 e. The lowest BCUT2D eigenvalue weighted by Crippen LogP contribution is -2.39. The van der Waals surface area contributed by atoms with Crippen molar-refractivity contribution < 1.29 is 40.3 Å². The highest BCUT2D eigenvalue weighted by Crippen LogP contribution is 2.75. The Hall–Kier alpha value is -2.93. The Morgan fingerprint density at radius 1 is 0.976 bits per heavy atom. The minimum Gasteiger partial charge on any atom is -0.349 e. The van der Waals surface area contributed by atoms with E-state index in [2.05, 4.69) is 20.7 Å². The molecule has 2 aromatic heterocycles. The molecule has 0 saturated heterocycles. The maximum atomic E-state index is 14.6. The monoisotopic (exact) mass is 603 g/mol. The molecule has 1 spiro atoms. The van der Waals surface area contributed by atoms with E-state index in [-0.39, 0.29) is 44.4 Å². The number of nitrogens with zero attached hydrogens (tertiary/aromatic N) is 3. The third-order valence-corrected chi connectivity index (χ3v) is 9.62. The van der Waals surface area contributed by atoms with Gasteiger partial charge in [-0.3, -0.25) is 9.59 Å². The number of rotatable bonds is 9. The fraction of sp³-hybridized carbons (Fsp3) is 0.714. The zero-order valence-corrected chi connectivity index (χ0v) is 22.7. The summed E-state index contributed by atoms with van der Waals surface area (Å²) in [5.41, 5.74) is -0.152. The molecular weight excluding hydrogens is 571 g/mol. The van der Waals surface area contributed by atoms with Crippen LogP contribution in [0, 0.1) is 23.2 Å². The summed E-state index contributed by atoms with van der Waals surface area (Å²) >= 11 is 0. The van der Waals surface area contributed by atoms with E-state index < -0.39 is 72.0 Å². The van der Waals surface area contributed by atoms with E-state index >= 15 is 0 Å². The lowest BCUT2D eigenvalue weighted by atomic mass is 9.78. The number of imidazole rings is 1. The molecule has 7 nitrogen and oxygen atoms in total. The maximum Gasteiger partial charge on any atom is 0.389 e. The molecule has 0 aromatic carbocycles. The van der Waals surface area contributed by atoms with Crippen LogP contribution in [0.5, 0.6) is 0 Å². The van der Waals surface area contributed by atoms with Crippen LogP contribution in [0.1, 0.15) is 94.0 Å². The summed E-state index contributed by atoms with van der Waals surface area (Å²) < 4.78 is 96.3.